The summed E-state index contributed by atoms with van der Waals surface area (Å²) in [5.41, 5.74) is 0. The van der Waals surface area contributed by atoms with E-state index >= 15 is 0 Å². The maximum atomic E-state index is 8.93. The van der Waals surface area contributed by atoms with Gasteiger partial charge in [0.2, 0.25) is 0 Å². The van der Waals surface area contributed by atoms with Crippen LogP contribution in [0.25, 0.3) is 0 Å². The molecule has 0 aromatic carbocycles. The zero-order valence-corrected chi connectivity index (χ0v) is 9.56. The van der Waals surface area contributed by atoms with Gasteiger partial charge in [-0.2, -0.15) is 0 Å². The molecular formula is C2H3EuNO4Y+4. The summed E-state index contributed by atoms with van der Waals surface area (Å²) in [4.78, 5) is 17.9. The van der Waals surface area contributed by atoms with Gasteiger partial charge in [-0.25, -0.2) is 0 Å². The standard InChI is InChI=1S/C2H2O4.Eu.H3N.Y/c3-1(4)2(5)6;;;/h(H,3,4)(H,5,6);;1H3;/q;+3;;+3/p-2. The number of carbonyl (C=O) groups excluding carboxylic acids is 2. The Morgan fingerprint density at radius 2 is 1.11 bits per heavy atom. The second-order valence-electron chi connectivity index (χ2n) is 0.575. The van der Waals surface area contributed by atoms with Gasteiger partial charge in [-0.1, -0.05) is 0 Å². The normalized spacial score (nSPS) is 4.89. The van der Waals surface area contributed by atoms with Crippen LogP contribution in [0, 0.1) is 49.4 Å². The van der Waals surface area contributed by atoms with E-state index in [9.17, 15) is 0 Å². The van der Waals surface area contributed by atoms with Crippen LogP contribution < -0.4 is 16.4 Å². The van der Waals surface area contributed by atoms with Gasteiger partial charge in [0.1, 0.15) is 0 Å². The number of carboxylic acid groups (broad SMARTS) is 2. The molecule has 0 bridgehead atoms. The first-order chi connectivity index (χ1) is 2.64. The van der Waals surface area contributed by atoms with Crippen molar-refractivity contribution in [3.63, 3.8) is 0 Å². The van der Waals surface area contributed by atoms with E-state index in [0.29, 0.717) is 0 Å². The van der Waals surface area contributed by atoms with Gasteiger partial charge in [-0.15, -0.1) is 0 Å². The van der Waals surface area contributed by atoms with E-state index < -0.39 is 11.9 Å². The molecule has 0 aliphatic carbocycles. The van der Waals surface area contributed by atoms with Gasteiger partial charge in [-0.05, 0) is 0 Å². The number of rotatable bonds is 0. The van der Waals surface area contributed by atoms with Gasteiger partial charge in [0.25, 0.3) is 0 Å². The van der Waals surface area contributed by atoms with Gasteiger partial charge in [0.15, 0.2) is 0 Å². The van der Waals surface area contributed by atoms with Crippen molar-refractivity contribution in [1.29, 1.82) is 0 Å². The summed E-state index contributed by atoms with van der Waals surface area (Å²) in [5.74, 6) is -4.37. The first kappa shape index (κ1) is 22.4. The van der Waals surface area contributed by atoms with Crippen LogP contribution in [0.2, 0.25) is 0 Å². The summed E-state index contributed by atoms with van der Waals surface area (Å²) in [7, 11) is 0. The molecular weight excluding hydrogens is 343 g/mol. The predicted octanol–water partition coefficient (Wildman–Crippen LogP) is -3.35. The molecule has 0 radical (unpaired) electrons. The Bertz CT molecular complexity index is 84.6. The zero-order chi connectivity index (χ0) is 5.15. The zero-order valence-electron chi connectivity index (χ0n) is 4.30. The van der Waals surface area contributed by atoms with Crippen molar-refractivity contribution in [3.8, 4) is 0 Å². The molecule has 7 heteroatoms. The second-order valence-corrected chi connectivity index (χ2v) is 0.575. The van der Waals surface area contributed by atoms with Crippen LogP contribution in [0.4, 0.5) is 0 Å². The minimum Gasteiger partial charge on any atom is -0.543 e. The third kappa shape index (κ3) is 17.7. The second kappa shape index (κ2) is 12.3. The fraction of sp³-hybridized carbons (Fsp3) is 0. The number of hydrogen-bond acceptors (Lipinski definition) is 5. The van der Waals surface area contributed by atoms with Crippen molar-refractivity contribution >= 4 is 11.9 Å². The molecule has 0 amide bonds. The van der Waals surface area contributed by atoms with Crippen LogP contribution >= 0.6 is 0 Å². The van der Waals surface area contributed by atoms with Crippen LogP contribution in [-0.4, -0.2) is 11.9 Å². The Morgan fingerprint density at radius 1 is 1.00 bits per heavy atom. The van der Waals surface area contributed by atoms with Crippen molar-refractivity contribution in [1.82, 2.24) is 6.15 Å². The van der Waals surface area contributed by atoms with Crippen LogP contribution in [0.5, 0.6) is 0 Å². The Labute approximate surface area is 118 Å². The van der Waals surface area contributed by atoms with Gasteiger partial charge in [0.05, 0.1) is 11.9 Å². The van der Waals surface area contributed by atoms with E-state index in [0.717, 1.165) is 0 Å². The molecule has 46 valence electrons. The summed E-state index contributed by atoms with van der Waals surface area (Å²) < 4.78 is 0. The molecule has 0 saturated carbocycles. The number of aliphatic carboxylic acids is 2. The molecule has 0 aliphatic heterocycles. The van der Waals surface area contributed by atoms with E-state index in [2.05, 4.69) is 0 Å². The minimum absolute atomic E-state index is 0. The topological polar surface area (TPSA) is 115 Å². The molecule has 0 saturated heterocycles. The molecule has 0 aromatic rings. The maximum Gasteiger partial charge on any atom is 3.00 e. The molecule has 9 heavy (non-hydrogen) atoms. The molecule has 0 atom stereocenters. The van der Waals surface area contributed by atoms with Crippen molar-refractivity contribution in [2.45, 2.75) is 0 Å². The molecule has 0 aromatic heterocycles. The molecule has 0 spiro atoms. The van der Waals surface area contributed by atoms with Gasteiger partial charge in [0, 0.05) is 0 Å². The number of carbonyl (C=O) groups is 2. The molecule has 0 unspecified atom stereocenters. The van der Waals surface area contributed by atoms with Crippen molar-refractivity contribution in [3.05, 3.63) is 0 Å². The molecule has 0 heterocycles. The molecule has 0 aliphatic rings. The molecule has 0 fully saturated rings. The first-order valence-corrected chi connectivity index (χ1v) is 1.07. The van der Waals surface area contributed by atoms with Crippen molar-refractivity contribution in [2.24, 2.45) is 0 Å². The van der Waals surface area contributed by atoms with Crippen molar-refractivity contribution in [2.75, 3.05) is 0 Å². The largest absolute Gasteiger partial charge is 3.00 e. The quantitative estimate of drug-likeness (QED) is 0.460. The van der Waals surface area contributed by atoms with Gasteiger partial charge in [-0.3, -0.25) is 0 Å². The first-order valence-electron chi connectivity index (χ1n) is 1.07. The van der Waals surface area contributed by atoms with Crippen LogP contribution in [-0.2, 0) is 42.3 Å². The summed E-state index contributed by atoms with van der Waals surface area (Å²) in [5, 5.41) is 17.9. The Kier molecular flexibility index (Phi) is 30.6. The molecule has 5 nitrogen and oxygen atoms in total. The van der Waals surface area contributed by atoms with E-state index in [4.69, 9.17) is 19.8 Å². The summed E-state index contributed by atoms with van der Waals surface area (Å²) in [6, 6.07) is 0. The Hall–Kier alpha value is 1.59. The van der Waals surface area contributed by atoms with Gasteiger partial charge >= 0.3 is 82.1 Å². The van der Waals surface area contributed by atoms with Crippen LogP contribution in [0.3, 0.4) is 0 Å². The SMILES string of the molecule is N.O=C([O-])C(=O)[O-].[Eu+3].[Y+3]. The smallest absolute Gasteiger partial charge is 0.543 e. The summed E-state index contributed by atoms with van der Waals surface area (Å²) >= 11 is 0. The third-order valence-electron chi connectivity index (χ3n) is 0.167. The monoisotopic (exact) mass is 347 g/mol. The van der Waals surface area contributed by atoms with E-state index in [1.165, 1.54) is 0 Å². The predicted molar refractivity (Wildman–Crippen MR) is 15.0 cm³/mol. The number of carboxylic acids is 2. The Balaban J connectivity index is -0.0000000417. The Morgan fingerprint density at radius 3 is 1.11 bits per heavy atom. The van der Waals surface area contributed by atoms with Crippen molar-refractivity contribution < 1.29 is 102 Å². The maximum absolute atomic E-state index is 8.93. The average Bonchev–Trinajstić information content (AvgIpc) is 1.36. The summed E-state index contributed by atoms with van der Waals surface area (Å²) in [6.45, 7) is 0. The third-order valence-corrected chi connectivity index (χ3v) is 0.167. The molecule has 3 N–H and O–H groups in total. The van der Waals surface area contributed by atoms with Gasteiger partial charge < -0.3 is 26.0 Å². The summed E-state index contributed by atoms with van der Waals surface area (Å²) in [6.07, 6.45) is 0. The number of hydrogen-bond donors (Lipinski definition) is 1. The molecule has 0 rings (SSSR count). The minimum atomic E-state index is -2.19. The fourth-order valence-electron chi connectivity index (χ4n) is 0. The van der Waals surface area contributed by atoms with Crippen LogP contribution in [0.1, 0.15) is 0 Å². The van der Waals surface area contributed by atoms with Crippen LogP contribution in [0.15, 0.2) is 0 Å². The van der Waals surface area contributed by atoms with E-state index in [-0.39, 0.29) is 88.2 Å². The fourth-order valence-corrected chi connectivity index (χ4v) is 0. The van der Waals surface area contributed by atoms with E-state index in [1.54, 1.807) is 0 Å². The van der Waals surface area contributed by atoms with E-state index in [1.807, 2.05) is 0 Å². The average molecular weight is 346 g/mol.